The summed E-state index contributed by atoms with van der Waals surface area (Å²) in [5.74, 6) is 3.04. The van der Waals surface area contributed by atoms with Gasteiger partial charge in [-0.05, 0) is 41.0 Å². The summed E-state index contributed by atoms with van der Waals surface area (Å²) in [6.45, 7) is 3.67. The fourth-order valence-corrected chi connectivity index (χ4v) is 4.25. The Morgan fingerprint density at radius 2 is 1.74 bits per heavy atom. The molecule has 0 aliphatic rings. The summed E-state index contributed by atoms with van der Waals surface area (Å²) < 4.78 is 9.57. The standard InChI is InChI=1S/C22H25N7OS/c1-3-14-29-20(23-26-27-29)16-31-22-25-24-21(18-11-7-8-12-19(18)30-2)28(22)15-13-17-9-5-4-6-10-17/h4-12H,3,13-16H2,1-2H3. The van der Waals surface area contributed by atoms with Crippen LogP contribution < -0.4 is 4.74 Å². The van der Waals surface area contributed by atoms with Crippen LogP contribution in [0, 0.1) is 0 Å². The predicted molar refractivity (Wildman–Crippen MR) is 120 cm³/mol. The minimum Gasteiger partial charge on any atom is -0.496 e. The van der Waals surface area contributed by atoms with Gasteiger partial charge in [0.15, 0.2) is 16.8 Å². The zero-order chi connectivity index (χ0) is 21.5. The number of nitrogens with zero attached hydrogens (tertiary/aromatic N) is 7. The molecule has 2 heterocycles. The first kappa shape index (κ1) is 21.0. The highest BCUT2D eigenvalue weighted by Crippen LogP contribution is 2.31. The molecule has 9 heteroatoms. The van der Waals surface area contributed by atoms with Crippen molar-refractivity contribution in [2.24, 2.45) is 0 Å². The zero-order valence-corrected chi connectivity index (χ0v) is 18.5. The largest absolute Gasteiger partial charge is 0.496 e. The summed E-state index contributed by atoms with van der Waals surface area (Å²) in [5, 5.41) is 21.9. The Bertz CT molecular complexity index is 1110. The topological polar surface area (TPSA) is 83.5 Å². The highest BCUT2D eigenvalue weighted by atomic mass is 32.2. The van der Waals surface area contributed by atoms with Crippen molar-refractivity contribution in [3.8, 4) is 17.1 Å². The van der Waals surface area contributed by atoms with E-state index in [1.54, 1.807) is 18.9 Å². The molecule has 0 bridgehead atoms. The molecule has 160 valence electrons. The Hall–Kier alpha value is -3.20. The van der Waals surface area contributed by atoms with E-state index in [9.17, 15) is 0 Å². The van der Waals surface area contributed by atoms with Crippen LogP contribution in [0.3, 0.4) is 0 Å². The van der Waals surface area contributed by atoms with E-state index in [1.165, 1.54) is 5.56 Å². The fourth-order valence-electron chi connectivity index (χ4n) is 3.35. The van der Waals surface area contributed by atoms with Crippen LogP contribution in [0.25, 0.3) is 11.4 Å². The van der Waals surface area contributed by atoms with Gasteiger partial charge in [-0.25, -0.2) is 4.68 Å². The smallest absolute Gasteiger partial charge is 0.191 e. The molecule has 2 aromatic carbocycles. The number of benzene rings is 2. The molecule has 0 N–H and O–H groups in total. The third kappa shape index (κ3) is 4.93. The van der Waals surface area contributed by atoms with Crippen molar-refractivity contribution in [3.05, 3.63) is 66.0 Å². The van der Waals surface area contributed by atoms with E-state index in [-0.39, 0.29) is 0 Å². The Morgan fingerprint density at radius 3 is 2.55 bits per heavy atom. The van der Waals surface area contributed by atoms with E-state index in [0.29, 0.717) is 5.75 Å². The lowest BCUT2D eigenvalue weighted by molar-refractivity contribution is 0.415. The Kier molecular flexibility index (Phi) is 6.93. The van der Waals surface area contributed by atoms with E-state index in [1.807, 2.05) is 35.0 Å². The lowest BCUT2D eigenvalue weighted by atomic mass is 10.1. The molecule has 0 amide bonds. The summed E-state index contributed by atoms with van der Waals surface area (Å²) in [5.41, 5.74) is 2.19. The van der Waals surface area contributed by atoms with Gasteiger partial charge >= 0.3 is 0 Å². The molecular formula is C22H25N7OS. The molecule has 31 heavy (non-hydrogen) atoms. The number of aryl methyl sites for hydroxylation is 2. The number of tetrazole rings is 1. The summed E-state index contributed by atoms with van der Waals surface area (Å²) in [6.07, 6.45) is 1.86. The van der Waals surface area contributed by atoms with Crippen LogP contribution in [-0.4, -0.2) is 42.1 Å². The zero-order valence-electron chi connectivity index (χ0n) is 17.7. The molecule has 4 rings (SSSR count). The molecule has 0 spiro atoms. The number of thioether (sulfide) groups is 1. The fraction of sp³-hybridized carbons (Fsp3) is 0.318. The molecule has 0 aliphatic heterocycles. The number of para-hydroxylation sites is 1. The van der Waals surface area contributed by atoms with Gasteiger partial charge in [-0.3, -0.25) is 0 Å². The minimum atomic E-state index is 0.627. The summed E-state index contributed by atoms with van der Waals surface area (Å²) in [7, 11) is 1.67. The average Bonchev–Trinajstić information content (AvgIpc) is 3.43. The van der Waals surface area contributed by atoms with Crippen molar-refractivity contribution in [1.82, 2.24) is 35.0 Å². The second-order valence-corrected chi connectivity index (χ2v) is 7.94. The first-order valence-electron chi connectivity index (χ1n) is 10.3. The lowest BCUT2D eigenvalue weighted by Crippen LogP contribution is -2.07. The van der Waals surface area contributed by atoms with Gasteiger partial charge in [-0.1, -0.05) is 61.2 Å². The molecule has 0 saturated carbocycles. The van der Waals surface area contributed by atoms with E-state index < -0.39 is 0 Å². The van der Waals surface area contributed by atoms with Gasteiger partial charge in [0, 0.05) is 13.1 Å². The molecule has 4 aromatic rings. The molecule has 0 fully saturated rings. The third-order valence-corrected chi connectivity index (χ3v) is 5.87. The van der Waals surface area contributed by atoms with E-state index >= 15 is 0 Å². The van der Waals surface area contributed by atoms with Crippen LogP contribution in [-0.2, 0) is 25.3 Å². The van der Waals surface area contributed by atoms with Crippen LogP contribution in [0.1, 0.15) is 24.7 Å². The average molecular weight is 436 g/mol. The second kappa shape index (κ2) is 10.2. The van der Waals surface area contributed by atoms with Crippen molar-refractivity contribution in [1.29, 1.82) is 0 Å². The second-order valence-electron chi connectivity index (χ2n) is 7.00. The number of rotatable bonds is 10. The molecule has 0 saturated heterocycles. The molecule has 0 unspecified atom stereocenters. The molecule has 0 atom stereocenters. The van der Waals surface area contributed by atoms with Gasteiger partial charge in [0.1, 0.15) is 5.75 Å². The molecule has 0 aliphatic carbocycles. The third-order valence-electron chi connectivity index (χ3n) is 4.90. The van der Waals surface area contributed by atoms with Gasteiger partial charge in [0.25, 0.3) is 0 Å². The van der Waals surface area contributed by atoms with Crippen molar-refractivity contribution >= 4 is 11.8 Å². The van der Waals surface area contributed by atoms with Crippen LogP contribution in [0.15, 0.2) is 59.8 Å². The quantitative estimate of drug-likeness (QED) is 0.350. The number of aromatic nitrogens is 7. The van der Waals surface area contributed by atoms with E-state index in [0.717, 1.165) is 54.0 Å². The van der Waals surface area contributed by atoms with E-state index in [4.69, 9.17) is 4.74 Å². The highest BCUT2D eigenvalue weighted by molar-refractivity contribution is 7.98. The number of hydrogen-bond donors (Lipinski definition) is 0. The van der Waals surface area contributed by atoms with Crippen LogP contribution in [0.5, 0.6) is 5.75 Å². The van der Waals surface area contributed by atoms with Crippen LogP contribution >= 0.6 is 11.8 Å². The molecular weight excluding hydrogens is 410 g/mol. The molecule has 0 radical (unpaired) electrons. The summed E-state index contributed by atoms with van der Waals surface area (Å²) in [6, 6.07) is 18.3. The minimum absolute atomic E-state index is 0.627. The van der Waals surface area contributed by atoms with Crippen LogP contribution in [0.2, 0.25) is 0 Å². The number of ether oxygens (including phenoxy) is 1. The predicted octanol–water partition coefficient (Wildman–Crippen LogP) is 3.89. The Balaban J connectivity index is 1.62. The lowest BCUT2D eigenvalue weighted by Gasteiger charge is -2.12. The highest BCUT2D eigenvalue weighted by Gasteiger charge is 2.18. The maximum atomic E-state index is 5.57. The normalized spacial score (nSPS) is 11.0. The summed E-state index contributed by atoms with van der Waals surface area (Å²) in [4.78, 5) is 0. The van der Waals surface area contributed by atoms with Crippen molar-refractivity contribution in [2.75, 3.05) is 7.11 Å². The first-order chi connectivity index (χ1) is 15.3. The Morgan fingerprint density at radius 1 is 0.935 bits per heavy atom. The van der Waals surface area contributed by atoms with E-state index in [2.05, 4.69) is 61.5 Å². The van der Waals surface area contributed by atoms with Gasteiger partial charge in [0.2, 0.25) is 0 Å². The first-order valence-corrected chi connectivity index (χ1v) is 11.3. The SMILES string of the molecule is CCCn1nnnc1CSc1nnc(-c2ccccc2OC)n1CCc1ccccc1. The Labute approximate surface area is 185 Å². The maximum absolute atomic E-state index is 5.57. The van der Waals surface area contributed by atoms with Crippen molar-refractivity contribution in [2.45, 2.75) is 43.8 Å². The molecule has 2 aromatic heterocycles. The van der Waals surface area contributed by atoms with Gasteiger partial charge in [-0.15, -0.1) is 15.3 Å². The maximum Gasteiger partial charge on any atom is 0.191 e. The van der Waals surface area contributed by atoms with Gasteiger partial charge in [0.05, 0.1) is 18.4 Å². The monoisotopic (exact) mass is 435 g/mol. The number of hydrogen-bond acceptors (Lipinski definition) is 7. The van der Waals surface area contributed by atoms with Gasteiger partial charge in [-0.2, -0.15) is 0 Å². The molecule has 8 nitrogen and oxygen atoms in total. The summed E-state index contributed by atoms with van der Waals surface area (Å²) >= 11 is 1.59. The van der Waals surface area contributed by atoms with Crippen LogP contribution in [0.4, 0.5) is 0 Å². The van der Waals surface area contributed by atoms with Crippen molar-refractivity contribution < 1.29 is 4.74 Å². The van der Waals surface area contributed by atoms with Crippen molar-refractivity contribution in [3.63, 3.8) is 0 Å². The van der Waals surface area contributed by atoms with Gasteiger partial charge < -0.3 is 9.30 Å². The number of methoxy groups -OCH3 is 1.